The average molecular weight is 418 g/mol. The first-order valence-corrected chi connectivity index (χ1v) is 10.9. The van der Waals surface area contributed by atoms with Crippen LogP contribution in [0.3, 0.4) is 0 Å². The normalized spacial score (nSPS) is 20.5. The highest BCUT2D eigenvalue weighted by molar-refractivity contribution is 6.04. The Morgan fingerprint density at radius 1 is 1.26 bits per heavy atom. The van der Waals surface area contributed by atoms with Gasteiger partial charge in [0.1, 0.15) is 11.7 Å². The molecule has 1 saturated heterocycles. The van der Waals surface area contributed by atoms with Crippen molar-refractivity contribution in [2.75, 3.05) is 36.9 Å². The van der Waals surface area contributed by atoms with E-state index < -0.39 is 0 Å². The number of nitrogens with one attached hydrogen (secondary N) is 2. The van der Waals surface area contributed by atoms with Crippen molar-refractivity contribution in [3.63, 3.8) is 0 Å². The molecular formula is C24H27N5O2. The van der Waals surface area contributed by atoms with Gasteiger partial charge in [0.25, 0.3) is 5.91 Å². The average Bonchev–Trinajstić information content (AvgIpc) is 3.30. The Hall–Kier alpha value is -3.19. The fourth-order valence-corrected chi connectivity index (χ4v) is 4.80. The fraction of sp³-hybridized carbons (Fsp3) is 0.375. The molecule has 3 aliphatic rings. The molecular weight excluding hydrogens is 390 g/mol. The van der Waals surface area contributed by atoms with Gasteiger partial charge in [-0.15, -0.1) is 0 Å². The fourth-order valence-electron chi connectivity index (χ4n) is 4.80. The van der Waals surface area contributed by atoms with Crippen molar-refractivity contribution < 1.29 is 9.59 Å². The van der Waals surface area contributed by atoms with E-state index in [-0.39, 0.29) is 17.9 Å². The number of anilines is 2. The number of aromatic nitrogens is 1. The molecule has 2 aromatic rings. The molecule has 1 fully saturated rings. The zero-order chi connectivity index (χ0) is 21.4. The molecule has 1 aromatic carbocycles. The van der Waals surface area contributed by atoms with Crippen LogP contribution in [0.5, 0.6) is 0 Å². The summed E-state index contributed by atoms with van der Waals surface area (Å²) in [4.78, 5) is 33.0. The SMILES string of the molecule is CNC(=O)c1ccc(C2=CCN(Cc3ccc4c(c3)NC(=O)[C@@H]3CCCN43)CC2)cn1. The number of amides is 2. The topological polar surface area (TPSA) is 77.6 Å². The minimum Gasteiger partial charge on any atom is -0.358 e. The summed E-state index contributed by atoms with van der Waals surface area (Å²) in [5.74, 6) is -0.0411. The van der Waals surface area contributed by atoms with Crippen LogP contribution >= 0.6 is 0 Å². The molecule has 2 N–H and O–H groups in total. The number of carbonyl (C=O) groups is 2. The zero-order valence-corrected chi connectivity index (χ0v) is 17.7. The lowest BCUT2D eigenvalue weighted by molar-refractivity contribution is -0.117. The number of benzene rings is 1. The van der Waals surface area contributed by atoms with Crippen LogP contribution < -0.4 is 15.5 Å². The standard InChI is InChI=1S/C24H27N5O2/c1-25-23(30)19-6-5-18(14-26-19)17-8-11-28(12-9-17)15-16-4-7-21-20(13-16)27-24(31)22-3-2-10-29(21)22/h4-8,13-14,22H,2-3,9-12,15H2,1H3,(H,25,30)(H,27,31)/t22-/m0/s1. The third kappa shape index (κ3) is 3.81. The van der Waals surface area contributed by atoms with Crippen LogP contribution in [0.15, 0.2) is 42.6 Å². The molecule has 0 saturated carbocycles. The van der Waals surface area contributed by atoms with Gasteiger partial charge in [-0.25, -0.2) is 0 Å². The molecule has 1 aromatic heterocycles. The van der Waals surface area contributed by atoms with Gasteiger partial charge in [-0.05, 0) is 54.2 Å². The van der Waals surface area contributed by atoms with Crippen molar-refractivity contribution in [3.05, 3.63) is 59.4 Å². The lowest BCUT2D eigenvalue weighted by Crippen LogP contribution is -2.43. The number of hydrogen-bond donors (Lipinski definition) is 2. The largest absolute Gasteiger partial charge is 0.358 e. The monoisotopic (exact) mass is 417 g/mol. The summed E-state index contributed by atoms with van der Waals surface area (Å²) >= 11 is 0. The summed E-state index contributed by atoms with van der Waals surface area (Å²) in [5.41, 5.74) is 6.08. The maximum absolute atomic E-state index is 12.4. The number of nitrogens with zero attached hydrogens (tertiary/aromatic N) is 3. The molecule has 5 rings (SSSR count). The van der Waals surface area contributed by atoms with Gasteiger partial charge in [0, 0.05) is 39.4 Å². The van der Waals surface area contributed by atoms with Crippen molar-refractivity contribution in [2.24, 2.45) is 0 Å². The highest BCUT2D eigenvalue weighted by atomic mass is 16.2. The van der Waals surface area contributed by atoms with Crippen LogP contribution in [-0.2, 0) is 11.3 Å². The Labute approximate surface area is 182 Å². The summed E-state index contributed by atoms with van der Waals surface area (Å²) in [6.07, 6.45) is 6.99. The van der Waals surface area contributed by atoms with Crippen LogP contribution in [0.25, 0.3) is 5.57 Å². The van der Waals surface area contributed by atoms with Gasteiger partial charge < -0.3 is 15.5 Å². The summed E-state index contributed by atoms with van der Waals surface area (Å²) in [6.45, 7) is 3.64. The molecule has 31 heavy (non-hydrogen) atoms. The molecule has 0 aliphatic carbocycles. The number of rotatable bonds is 4. The van der Waals surface area contributed by atoms with E-state index in [1.807, 2.05) is 6.07 Å². The van der Waals surface area contributed by atoms with E-state index >= 15 is 0 Å². The number of pyridine rings is 1. The Kier molecular flexibility index (Phi) is 5.19. The number of hydrogen-bond acceptors (Lipinski definition) is 5. The molecule has 4 heterocycles. The molecule has 0 spiro atoms. The van der Waals surface area contributed by atoms with Gasteiger partial charge in [0.05, 0.1) is 11.4 Å². The van der Waals surface area contributed by atoms with E-state index in [4.69, 9.17) is 0 Å². The first kappa shape index (κ1) is 19.8. The molecule has 160 valence electrons. The summed E-state index contributed by atoms with van der Waals surface area (Å²) in [5, 5.41) is 5.70. The first-order chi connectivity index (χ1) is 15.1. The third-order valence-corrected chi connectivity index (χ3v) is 6.48. The lowest BCUT2D eigenvalue weighted by atomic mass is 10.00. The van der Waals surface area contributed by atoms with Gasteiger partial charge >= 0.3 is 0 Å². The van der Waals surface area contributed by atoms with Crippen molar-refractivity contribution >= 4 is 28.8 Å². The van der Waals surface area contributed by atoms with Gasteiger partial charge in [0.2, 0.25) is 5.91 Å². The molecule has 1 atom stereocenters. The van der Waals surface area contributed by atoms with E-state index in [9.17, 15) is 9.59 Å². The minimum atomic E-state index is -0.170. The molecule has 7 heteroatoms. The second-order valence-electron chi connectivity index (χ2n) is 8.42. The maximum Gasteiger partial charge on any atom is 0.269 e. The van der Waals surface area contributed by atoms with Crippen molar-refractivity contribution in [2.45, 2.75) is 31.8 Å². The van der Waals surface area contributed by atoms with Crippen molar-refractivity contribution in [1.82, 2.24) is 15.2 Å². The predicted octanol–water partition coefficient (Wildman–Crippen LogP) is 2.65. The summed E-state index contributed by atoms with van der Waals surface area (Å²) < 4.78 is 0. The van der Waals surface area contributed by atoms with Gasteiger partial charge in [-0.1, -0.05) is 18.2 Å². The van der Waals surface area contributed by atoms with Crippen LogP contribution in [0.4, 0.5) is 11.4 Å². The highest BCUT2D eigenvalue weighted by Crippen LogP contribution is 2.37. The zero-order valence-electron chi connectivity index (χ0n) is 17.7. The lowest BCUT2D eigenvalue weighted by Gasteiger charge is -2.33. The van der Waals surface area contributed by atoms with Crippen molar-refractivity contribution in [3.8, 4) is 0 Å². The van der Waals surface area contributed by atoms with Gasteiger partial charge in [-0.2, -0.15) is 0 Å². The predicted molar refractivity (Wildman–Crippen MR) is 121 cm³/mol. The summed E-state index contributed by atoms with van der Waals surface area (Å²) in [6, 6.07) is 10.2. The molecule has 0 unspecified atom stereocenters. The number of carbonyl (C=O) groups excluding carboxylic acids is 2. The van der Waals surface area contributed by atoms with E-state index in [2.05, 4.69) is 49.7 Å². The second kappa shape index (κ2) is 8.15. The maximum atomic E-state index is 12.4. The Morgan fingerprint density at radius 3 is 2.90 bits per heavy atom. The molecule has 0 radical (unpaired) electrons. The highest BCUT2D eigenvalue weighted by Gasteiger charge is 2.36. The van der Waals surface area contributed by atoms with Crippen LogP contribution in [-0.4, -0.2) is 54.4 Å². The smallest absolute Gasteiger partial charge is 0.269 e. The minimum absolute atomic E-state index is 0.00362. The number of fused-ring (bicyclic) bond motifs is 3. The Morgan fingerprint density at radius 2 is 2.16 bits per heavy atom. The van der Waals surface area contributed by atoms with Crippen molar-refractivity contribution in [1.29, 1.82) is 0 Å². The Balaban J connectivity index is 1.25. The van der Waals surface area contributed by atoms with Crippen LogP contribution in [0, 0.1) is 0 Å². The molecule has 0 bridgehead atoms. The van der Waals surface area contributed by atoms with E-state index in [1.54, 1.807) is 19.3 Å². The van der Waals surface area contributed by atoms with Gasteiger partial charge in [-0.3, -0.25) is 19.5 Å². The van der Waals surface area contributed by atoms with E-state index in [0.29, 0.717) is 5.69 Å². The van der Waals surface area contributed by atoms with E-state index in [0.717, 1.165) is 62.4 Å². The Bertz CT molecular complexity index is 1050. The molecule has 2 amide bonds. The second-order valence-corrected chi connectivity index (χ2v) is 8.42. The molecule has 3 aliphatic heterocycles. The van der Waals surface area contributed by atoms with E-state index in [1.165, 1.54) is 11.1 Å². The summed E-state index contributed by atoms with van der Waals surface area (Å²) in [7, 11) is 1.61. The van der Waals surface area contributed by atoms with Crippen LogP contribution in [0.1, 0.15) is 40.9 Å². The first-order valence-electron chi connectivity index (χ1n) is 10.9. The third-order valence-electron chi connectivity index (χ3n) is 6.48. The molecule has 7 nitrogen and oxygen atoms in total. The van der Waals surface area contributed by atoms with Crippen LogP contribution in [0.2, 0.25) is 0 Å². The quantitative estimate of drug-likeness (QED) is 0.800. The van der Waals surface area contributed by atoms with Gasteiger partial charge in [0.15, 0.2) is 0 Å².